The van der Waals surface area contributed by atoms with Crippen molar-refractivity contribution >= 4 is 34.1 Å². The number of hydrogen-bond acceptors (Lipinski definition) is 5. The number of benzene rings is 1. The number of nitrogens with zero attached hydrogens (tertiary/aromatic N) is 5. The molecule has 0 spiro atoms. The Morgan fingerprint density at radius 1 is 1.19 bits per heavy atom. The minimum absolute atomic E-state index is 0.593. The highest BCUT2D eigenvalue weighted by atomic mass is 32.1. The molecule has 6 heteroatoms. The van der Waals surface area contributed by atoms with E-state index in [1.54, 1.807) is 17.5 Å². The van der Waals surface area contributed by atoms with Crippen LogP contribution in [0.3, 0.4) is 0 Å². The molecule has 0 amide bonds. The van der Waals surface area contributed by atoms with Gasteiger partial charge in [0.1, 0.15) is 4.83 Å². The minimum atomic E-state index is 0.593. The highest BCUT2D eigenvalue weighted by Crippen LogP contribution is 2.52. The second-order valence-electron chi connectivity index (χ2n) is 6.55. The fourth-order valence-electron chi connectivity index (χ4n) is 3.32. The third-order valence-corrected chi connectivity index (χ3v) is 5.99. The van der Waals surface area contributed by atoms with Gasteiger partial charge in [-0.05, 0) is 31.0 Å². The maximum absolute atomic E-state index is 4.84. The highest BCUT2D eigenvalue weighted by molar-refractivity contribution is 7.19. The van der Waals surface area contributed by atoms with Gasteiger partial charge in [0.05, 0.1) is 5.39 Å². The SMILES string of the molecule is C=Nc1nc(-c2nccn2C)nc2sc(C3CC3)c(-c3ccccc3)c12. The normalized spacial score (nSPS) is 14.0. The summed E-state index contributed by atoms with van der Waals surface area (Å²) in [5.41, 5.74) is 2.42. The first-order valence-corrected chi connectivity index (χ1v) is 9.42. The van der Waals surface area contributed by atoms with E-state index >= 15 is 0 Å². The molecule has 5 rings (SSSR count). The van der Waals surface area contributed by atoms with E-state index in [0.29, 0.717) is 17.6 Å². The highest BCUT2D eigenvalue weighted by Gasteiger charge is 2.31. The minimum Gasteiger partial charge on any atom is -0.331 e. The number of aromatic nitrogens is 4. The van der Waals surface area contributed by atoms with Gasteiger partial charge >= 0.3 is 0 Å². The maximum Gasteiger partial charge on any atom is 0.199 e. The summed E-state index contributed by atoms with van der Waals surface area (Å²) in [5, 5.41) is 1.01. The predicted molar refractivity (Wildman–Crippen MR) is 106 cm³/mol. The van der Waals surface area contributed by atoms with Crippen LogP contribution in [-0.2, 0) is 7.05 Å². The predicted octanol–water partition coefficient (Wildman–Crippen LogP) is 4.97. The average Bonchev–Trinajstić information content (AvgIpc) is 3.32. The van der Waals surface area contributed by atoms with Gasteiger partial charge in [-0.1, -0.05) is 30.3 Å². The number of aliphatic imine (C=N–C) groups is 1. The van der Waals surface area contributed by atoms with Crippen molar-refractivity contribution in [2.24, 2.45) is 12.0 Å². The van der Waals surface area contributed by atoms with Gasteiger partial charge in [-0.2, -0.15) is 0 Å². The van der Waals surface area contributed by atoms with Crippen LogP contribution in [-0.4, -0.2) is 26.2 Å². The van der Waals surface area contributed by atoms with Crippen molar-refractivity contribution in [1.29, 1.82) is 0 Å². The number of hydrogen-bond donors (Lipinski definition) is 0. The van der Waals surface area contributed by atoms with E-state index in [1.807, 2.05) is 23.9 Å². The second-order valence-corrected chi connectivity index (χ2v) is 7.58. The largest absolute Gasteiger partial charge is 0.331 e. The zero-order valence-electron chi connectivity index (χ0n) is 14.4. The molecular formula is C20H17N5S. The Hall–Kier alpha value is -2.86. The first kappa shape index (κ1) is 15.4. The van der Waals surface area contributed by atoms with Crippen molar-refractivity contribution in [2.75, 3.05) is 0 Å². The van der Waals surface area contributed by atoms with Gasteiger partial charge in [-0.3, -0.25) is 0 Å². The molecular weight excluding hydrogens is 342 g/mol. The number of thiophene rings is 1. The van der Waals surface area contributed by atoms with E-state index in [0.717, 1.165) is 16.0 Å². The number of fused-ring (bicyclic) bond motifs is 1. The van der Waals surface area contributed by atoms with Crippen LogP contribution in [0, 0.1) is 0 Å². The van der Waals surface area contributed by atoms with Crippen molar-refractivity contribution in [2.45, 2.75) is 18.8 Å². The molecule has 0 N–H and O–H groups in total. The lowest BCUT2D eigenvalue weighted by molar-refractivity contribution is 0.909. The van der Waals surface area contributed by atoms with Gasteiger partial charge in [0.2, 0.25) is 0 Å². The van der Waals surface area contributed by atoms with E-state index in [1.165, 1.54) is 28.8 Å². The topological polar surface area (TPSA) is 56.0 Å². The van der Waals surface area contributed by atoms with Gasteiger partial charge in [0.15, 0.2) is 17.5 Å². The summed E-state index contributed by atoms with van der Waals surface area (Å²) in [7, 11) is 1.94. The summed E-state index contributed by atoms with van der Waals surface area (Å²) < 4.78 is 1.92. The lowest BCUT2D eigenvalue weighted by Crippen LogP contribution is -1.97. The van der Waals surface area contributed by atoms with Crippen LogP contribution in [0.4, 0.5) is 5.82 Å². The summed E-state index contributed by atoms with van der Waals surface area (Å²) in [5.74, 6) is 2.59. The molecule has 1 saturated carbocycles. The molecule has 4 aromatic rings. The zero-order chi connectivity index (χ0) is 17.7. The third kappa shape index (κ3) is 2.37. The fourth-order valence-corrected chi connectivity index (χ4v) is 4.68. The lowest BCUT2D eigenvalue weighted by atomic mass is 10.0. The molecule has 0 saturated heterocycles. The van der Waals surface area contributed by atoms with Crippen LogP contribution in [0.5, 0.6) is 0 Å². The molecule has 1 aliphatic rings. The standard InChI is InChI=1S/C20H17N5S/c1-21-17-15-14(12-6-4-3-5-7-12)16(13-8-9-13)26-20(15)24-18(23-17)19-22-10-11-25(19)2/h3-7,10-11,13H,1,8-9H2,2H3. The van der Waals surface area contributed by atoms with Crippen molar-refractivity contribution < 1.29 is 0 Å². The summed E-state index contributed by atoms with van der Waals surface area (Å²) in [4.78, 5) is 20.5. The van der Waals surface area contributed by atoms with E-state index in [4.69, 9.17) is 4.98 Å². The van der Waals surface area contributed by atoms with Gasteiger partial charge in [-0.25, -0.2) is 19.9 Å². The fraction of sp³-hybridized carbons (Fsp3) is 0.200. The molecule has 3 aromatic heterocycles. The van der Waals surface area contributed by atoms with E-state index < -0.39 is 0 Å². The summed E-state index contributed by atoms with van der Waals surface area (Å²) in [6.45, 7) is 3.77. The van der Waals surface area contributed by atoms with E-state index in [2.05, 4.69) is 45.9 Å². The average molecular weight is 359 g/mol. The Morgan fingerprint density at radius 3 is 2.65 bits per heavy atom. The Bertz CT molecular complexity index is 1120. The van der Waals surface area contributed by atoms with Crippen LogP contribution in [0.25, 0.3) is 33.0 Å². The summed E-state index contributed by atoms with van der Waals surface area (Å²) in [6.07, 6.45) is 6.12. The van der Waals surface area contributed by atoms with Crippen LogP contribution in [0.2, 0.25) is 0 Å². The van der Waals surface area contributed by atoms with Crippen molar-refractivity contribution in [3.05, 3.63) is 47.6 Å². The molecule has 26 heavy (non-hydrogen) atoms. The van der Waals surface area contributed by atoms with Crippen LogP contribution >= 0.6 is 11.3 Å². The van der Waals surface area contributed by atoms with E-state index in [-0.39, 0.29) is 0 Å². The molecule has 3 heterocycles. The summed E-state index contributed by atoms with van der Waals surface area (Å²) >= 11 is 1.76. The number of rotatable bonds is 4. The molecule has 1 fully saturated rings. The molecule has 1 aromatic carbocycles. The van der Waals surface area contributed by atoms with Crippen molar-refractivity contribution in [3.8, 4) is 22.8 Å². The molecule has 0 bridgehead atoms. The monoisotopic (exact) mass is 359 g/mol. The molecule has 0 unspecified atom stereocenters. The van der Waals surface area contributed by atoms with Crippen LogP contribution < -0.4 is 0 Å². The molecule has 0 atom stereocenters. The third-order valence-electron chi connectivity index (χ3n) is 4.74. The zero-order valence-corrected chi connectivity index (χ0v) is 15.2. The molecule has 0 radical (unpaired) electrons. The van der Waals surface area contributed by atoms with Gasteiger partial charge in [0.25, 0.3) is 0 Å². The molecule has 128 valence electrons. The maximum atomic E-state index is 4.84. The van der Waals surface area contributed by atoms with Crippen LogP contribution in [0.1, 0.15) is 23.6 Å². The Labute approximate surface area is 155 Å². The Morgan fingerprint density at radius 2 is 2.00 bits per heavy atom. The van der Waals surface area contributed by atoms with Crippen molar-refractivity contribution in [3.63, 3.8) is 0 Å². The molecule has 1 aliphatic carbocycles. The van der Waals surface area contributed by atoms with E-state index in [9.17, 15) is 0 Å². The molecule has 0 aliphatic heterocycles. The summed E-state index contributed by atoms with van der Waals surface area (Å²) in [6, 6.07) is 10.5. The molecule has 5 nitrogen and oxygen atoms in total. The quantitative estimate of drug-likeness (QED) is 0.484. The van der Waals surface area contributed by atoms with Crippen molar-refractivity contribution in [1.82, 2.24) is 19.5 Å². The first-order valence-electron chi connectivity index (χ1n) is 8.60. The van der Waals surface area contributed by atoms with Gasteiger partial charge < -0.3 is 4.57 Å². The first-order chi connectivity index (χ1) is 12.8. The van der Waals surface area contributed by atoms with Gasteiger partial charge in [0, 0.05) is 29.9 Å². The Balaban J connectivity index is 1.83. The smallest absolute Gasteiger partial charge is 0.199 e. The Kier molecular flexibility index (Phi) is 3.46. The second kappa shape index (κ2) is 5.85. The lowest BCUT2D eigenvalue weighted by Gasteiger charge is -2.06. The number of imidazole rings is 1. The number of aryl methyl sites for hydroxylation is 1. The van der Waals surface area contributed by atoms with Crippen LogP contribution in [0.15, 0.2) is 47.7 Å². The van der Waals surface area contributed by atoms with Gasteiger partial charge in [-0.15, -0.1) is 11.3 Å².